The van der Waals surface area contributed by atoms with Crippen molar-refractivity contribution in [3.63, 3.8) is 0 Å². The molecule has 2 aromatic carbocycles. The van der Waals surface area contributed by atoms with E-state index in [2.05, 4.69) is 19.2 Å². The van der Waals surface area contributed by atoms with Gasteiger partial charge in [-0.15, -0.1) is 0 Å². The second kappa shape index (κ2) is 9.98. The maximum absolute atomic E-state index is 12.9. The smallest absolute Gasteiger partial charge is 0.241 e. The van der Waals surface area contributed by atoms with Crippen LogP contribution in [0.3, 0.4) is 0 Å². The maximum Gasteiger partial charge on any atom is 0.241 e. The first-order valence-corrected chi connectivity index (χ1v) is 11.8. The number of rotatable bonds is 9. The maximum atomic E-state index is 12.9. The fourth-order valence-corrected chi connectivity index (χ4v) is 4.25. The van der Waals surface area contributed by atoms with Crippen LogP contribution in [-0.2, 0) is 14.8 Å². The van der Waals surface area contributed by atoms with Crippen LogP contribution in [0.1, 0.15) is 43.0 Å². The van der Waals surface area contributed by atoms with Crippen molar-refractivity contribution in [1.29, 1.82) is 0 Å². The summed E-state index contributed by atoms with van der Waals surface area (Å²) in [5.74, 6) is 0.747. The molecule has 0 aliphatic rings. The average molecular weight is 433 g/mol. The van der Waals surface area contributed by atoms with Gasteiger partial charge in [-0.25, -0.2) is 8.42 Å². The number of hydrogen-bond donors (Lipinski definition) is 1. The normalized spacial score (nSPS) is 12.5. The minimum atomic E-state index is -3.63. The van der Waals surface area contributed by atoms with Crippen LogP contribution in [0.25, 0.3) is 0 Å². The van der Waals surface area contributed by atoms with Crippen LogP contribution in [0.5, 0.6) is 5.75 Å². The molecule has 30 heavy (non-hydrogen) atoms. The lowest BCUT2D eigenvalue weighted by Crippen LogP contribution is -2.42. The molecule has 1 atom stereocenters. The topological polar surface area (TPSA) is 75.7 Å². The molecule has 0 fully saturated rings. The van der Waals surface area contributed by atoms with Gasteiger partial charge in [0.15, 0.2) is 0 Å². The van der Waals surface area contributed by atoms with Crippen LogP contribution in [0.4, 0.5) is 5.69 Å². The largest absolute Gasteiger partial charge is 0.497 e. The van der Waals surface area contributed by atoms with Crippen molar-refractivity contribution in [3.05, 3.63) is 59.2 Å². The zero-order valence-corrected chi connectivity index (χ0v) is 19.4. The molecule has 0 aliphatic heterocycles. The van der Waals surface area contributed by atoms with Gasteiger partial charge in [0.1, 0.15) is 12.3 Å². The average Bonchev–Trinajstić information content (AvgIpc) is 2.67. The number of nitrogens with zero attached hydrogens (tertiary/aromatic N) is 1. The number of benzene rings is 2. The summed E-state index contributed by atoms with van der Waals surface area (Å²) in [7, 11) is -2.02. The van der Waals surface area contributed by atoms with Crippen LogP contribution < -0.4 is 14.4 Å². The van der Waals surface area contributed by atoms with Gasteiger partial charge < -0.3 is 10.1 Å². The van der Waals surface area contributed by atoms with E-state index in [-0.39, 0.29) is 18.5 Å². The minimum Gasteiger partial charge on any atom is -0.497 e. The minimum absolute atomic E-state index is 0.219. The first-order chi connectivity index (χ1) is 14.0. The van der Waals surface area contributed by atoms with Gasteiger partial charge >= 0.3 is 0 Å². The van der Waals surface area contributed by atoms with Crippen molar-refractivity contribution in [2.45, 2.75) is 40.2 Å². The van der Waals surface area contributed by atoms with Crippen molar-refractivity contribution in [2.24, 2.45) is 5.92 Å². The lowest BCUT2D eigenvalue weighted by molar-refractivity contribution is -0.120. The number of nitrogens with one attached hydrogen (secondary N) is 1. The number of carbonyl (C=O) groups is 1. The molecule has 1 amide bonds. The molecule has 0 spiro atoms. The molecule has 0 unspecified atom stereocenters. The van der Waals surface area contributed by atoms with Crippen molar-refractivity contribution < 1.29 is 17.9 Å². The Morgan fingerprint density at radius 2 is 1.73 bits per heavy atom. The van der Waals surface area contributed by atoms with Crippen molar-refractivity contribution >= 4 is 21.6 Å². The Morgan fingerprint density at radius 3 is 2.27 bits per heavy atom. The quantitative estimate of drug-likeness (QED) is 0.650. The molecule has 6 nitrogen and oxygen atoms in total. The van der Waals surface area contributed by atoms with E-state index in [0.717, 1.165) is 35.1 Å². The predicted octanol–water partition coefficient (Wildman–Crippen LogP) is 3.98. The van der Waals surface area contributed by atoms with E-state index in [1.807, 2.05) is 44.2 Å². The Kier molecular flexibility index (Phi) is 7.89. The van der Waals surface area contributed by atoms with Gasteiger partial charge in [-0.05, 0) is 61.1 Å². The molecule has 2 rings (SSSR count). The summed E-state index contributed by atoms with van der Waals surface area (Å²) >= 11 is 0. The Bertz CT molecular complexity index is 969. The van der Waals surface area contributed by atoms with E-state index >= 15 is 0 Å². The molecule has 0 saturated heterocycles. The summed E-state index contributed by atoms with van der Waals surface area (Å²) in [6.07, 6.45) is 1.86. The van der Waals surface area contributed by atoms with E-state index in [0.29, 0.717) is 11.6 Å². The molecule has 164 valence electrons. The lowest BCUT2D eigenvalue weighted by atomic mass is 9.97. The predicted molar refractivity (Wildman–Crippen MR) is 121 cm³/mol. The van der Waals surface area contributed by atoms with Gasteiger partial charge in [0.05, 0.1) is 25.1 Å². The van der Waals surface area contributed by atoms with Crippen LogP contribution >= 0.6 is 0 Å². The van der Waals surface area contributed by atoms with Gasteiger partial charge in [-0.3, -0.25) is 9.10 Å². The van der Waals surface area contributed by atoms with Gasteiger partial charge in [-0.1, -0.05) is 38.1 Å². The first-order valence-electron chi connectivity index (χ1n) is 10.00. The van der Waals surface area contributed by atoms with Crippen molar-refractivity contribution in [3.8, 4) is 5.75 Å². The third-order valence-electron chi connectivity index (χ3n) is 5.09. The second-order valence-corrected chi connectivity index (χ2v) is 9.92. The SMILES string of the molecule is COc1ccc([C@@H](CC(C)C)NC(=O)CN(c2cccc(C)c2C)S(C)(=O)=O)cc1. The number of sulfonamides is 1. The molecule has 0 radical (unpaired) electrons. The number of ether oxygens (including phenoxy) is 1. The van der Waals surface area contributed by atoms with E-state index in [1.54, 1.807) is 19.2 Å². The van der Waals surface area contributed by atoms with Gasteiger partial charge in [0.25, 0.3) is 0 Å². The van der Waals surface area contributed by atoms with E-state index in [4.69, 9.17) is 4.74 Å². The van der Waals surface area contributed by atoms with E-state index in [9.17, 15) is 13.2 Å². The third-order valence-corrected chi connectivity index (χ3v) is 6.22. The Morgan fingerprint density at radius 1 is 1.10 bits per heavy atom. The Balaban J connectivity index is 2.27. The number of carbonyl (C=O) groups excluding carboxylic acids is 1. The highest BCUT2D eigenvalue weighted by atomic mass is 32.2. The highest BCUT2D eigenvalue weighted by molar-refractivity contribution is 7.92. The molecule has 0 bridgehead atoms. The summed E-state index contributed by atoms with van der Waals surface area (Å²) in [5, 5.41) is 3.02. The second-order valence-electron chi connectivity index (χ2n) is 8.01. The molecule has 7 heteroatoms. The summed E-state index contributed by atoms with van der Waals surface area (Å²) in [6.45, 7) is 7.68. The highest BCUT2D eigenvalue weighted by Crippen LogP contribution is 2.26. The lowest BCUT2D eigenvalue weighted by Gasteiger charge is -2.27. The molecule has 1 N–H and O–H groups in total. The summed E-state index contributed by atoms with van der Waals surface area (Å²) in [5.41, 5.74) is 3.29. The molecule has 0 aliphatic carbocycles. The number of aryl methyl sites for hydroxylation is 1. The highest BCUT2D eigenvalue weighted by Gasteiger charge is 2.25. The molecule has 2 aromatic rings. The zero-order chi connectivity index (χ0) is 22.5. The van der Waals surface area contributed by atoms with Gasteiger partial charge in [-0.2, -0.15) is 0 Å². The fraction of sp³-hybridized carbons (Fsp3) is 0.435. The summed E-state index contributed by atoms with van der Waals surface area (Å²) in [6, 6.07) is 12.8. The van der Waals surface area contributed by atoms with Crippen LogP contribution in [0.2, 0.25) is 0 Å². The fourth-order valence-electron chi connectivity index (χ4n) is 3.34. The van der Waals surface area contributed by atoms with Gasteiger partial charge in [0, 0.05) is 0 Å². The molecule has 0 heterocycles. The molecular formula is C23H32N2O4S. The standard InChI is InChI=1S/C23H32N2O4S/c1-16(2)14-21(19-10-12-20(29-5)13-11-19)24-23(26)15-25(30(6,27)28)22-9-7-8-17(3)18(22)4/h7-13,16,21H,14-15H2,1-6H3,(H,24,26)/t21-/m1/s1. The van der Waals surface area contributed by atoms with Crippen LogP contribution in [0.15, 0.2) is 42.5 Å². The Hall–Kier alpha value is -2.54. The molecule has 0 saturated carbocycles. The van der Waals surface area contributed by atoms with E-state index in [1.165, 1.54) is 4.31 Å². The number of amides is 1. The first kappa shape index (κ1) is 23.7. The molecule has 0 aromatic heterocycles. The Labute approximate surface area is 180 Å². The van der Waals surface area contributed by atoms with Crippen molar-refractivity contribution in [2.75, 3.05) is 24.2 Å². The van der Waals surface area contributed by atoms with Crippen LogP contribution in [-0.4, -0.2) is 34.2 Å². The zero-order valence-electron chi connectivity index (χ0n) is 18.6. The molecular weight excluding hydrogens is 400 g/mol. The van der Waals surface area contributed by atoms with E-state index < -0.39 is 10.0 Å². The summed E-state index contributed by atoms with van der Waals surface area (Å²) < 4.78 is 31.3. The van der Waals surface area contributed by atoms with Crippen LogP contribution in [0, 0.1) is 19.8 Å². The third kappa shape index (κ3) is 6.23. The summed E-state index contributed by atoms with van der Waals surface area (Å²) in [4.78, 5) is 12.9. The number of anilines is 1. The number of hydrogen-bond acceptors (Lipinski definition) is 4. The monoisotopic (exact) mass is 432 g/mol. The van der Waals surface area contributed by atoms with Gasteiger partial charge in [0.2, 0.25) is 15.9 Å². The van der Waals surface area contributed by atoms with Crippen molar-refractivity contribution in [1.82, 2.24) is 5.32 Å². The number of methoxy groups -OCH3 is 1.